The Morgan fingerprint density at radius 3 is 2.25 bits per heavy atom. The molecule has 3 rings (SSSR count). The highest BCUT2D eigenvalue weighted by atomic mass is 16.2. The Morgan fingerprint density at radius 2 is 1.67 bits per heavy atom. The van der Waals surface area contributed by atoms with Crippen molar-refractivity contribution < 1.29 is 4.79 Å². The summed E-state index contributed by atoms with van der Waals surface area (Å²) in [7, 11) is 5.48. The maximum absolute atomic E-state index is 12.1. The molecular formula is C18H25N5O. The van der Waals surface area contributed by atoms with Gasteiger partial charge in [-0.15, -0.1) is 0 Å². The van der Waals surface area contributed by atoms with E-state index in [-0.39, 0.29) is 12.1 Å². The predicted octanol–water partition coefficient (Wildman–Crippen LogP) is 2.52. The number of carbonyl (C=O) groups excluding carboxylic acids is 1. The summed E-state index contributed by atoms with van der Waals surface area (Å²) < 4.78 is 0. The van der Waals surface area contributed by atoms with E-state index in [0.717, 1.165) is 48.5 Å². The molecule has 0 spiro atoms. The SMILES string of the molecule is Cc1nc2ccccc2nc1N1CCC(N(C)C(=O)N(C)C)CC1. The lowest BCUT2D eigenvalue weighted by Crippen LogP contribution is -2.48. The molecule has 1 aromatic carbocycles. The number of rotatable bonds is 2. The molecule has 1 aromatic heterocycles. The van der Waals surface area contributed by atoms with E-state index in [9.17, 15) is 4.79 Å². The first kappa shape index (κ1) is 16.5. The highest BCUT2D eigenvalue weighted by Crippen LogP contribution is 2.25. The number of piperidine rings is 1. The molecule has 0 saturated carbocycles. The minimum Gasteiger partial charge on any atom is -0.355 e. The number of nitrogens with zero attached hydrogens (tertiary/aromatic N) is 5. The number of para-hydroxylation sites is 2. The number of anilines is 1. The summed E-state index contributed by atoms with van der Waals surface area (Å²) in [5.74, 6) is 0.966. The van der Waals surface area contributed by atoms with E-state index < -0.39 is 0 Å². The van der Waals surface area contributed by atoms with Crippen LogP contribution in [0, 0.1) is 6.92 Å². The number of aryl methyl sites for hydroxylation is 1. The van der Waals surface area contributed by atoms with Crippen molar-refractivity contribution in [2.24, 2.45) is 0 Å². The number of hydrogen-bond donors (Lipinski definition) is 0. The Kier molecular flexibility index (Phi) is 4.55. The molecule has 24 heavy (non-hydrogen) atoms. The maximum atomic E-state index is 12.1. The van der Waals surface area contributed by atoms with Gasteiger partial charge in [-0.3, -0.25) is 0 Å². The first-order chi connectivity index (χ1) is 11.5. The third-order valence-corrected chi connectivity index (χ3v) is 4.72. The second-order valence-electron chi connectivity index (χ2n) is 6.63. The molecule has 0 bridgehead atoms. The van der Waals surface area contributed by atoms with Crippen molar-refractivity contribution in [3.63, 3.8) is 0 Å². The van der Waals surface area contributed by atoms with Crippen LogP contribution in [0.1, 0.15) is 18.5 Å². The Hall–Kier alpha value is -2.37. The summed E-state index contributed by atoms with van der Waals surface area (Å²) in [6.07, 6.45) is 1.90. The van der Waals surface area contributed by atoms with Gasteiger partial charge in [-0.1, -0.05) is 12.1 Å². The fourth-order valence-electron chi connectivity index (χ4n) is 3.32. The Morgan fingerprint density at radius 1 is 1.08 bits per heavy atom. The van der Waals surface area contributed by atoms with Gasteiger partial charge >= 0.3 is 6.03 Å². The van der Waals surface area contributed by atoms with Gasteiger partial charge < -0.3 is 14.7 Å². The topological polar surface area (TPSA) is 52.6 Å². The van der Waals surface area contributed by atoms with E-state index in [1.54, 1.807) is 19.0 Å². The summed E-state index contributed by atoms with van der Waals surface area (Å²) in [4.78, 5) is 27.4. The molecule has 128 valence electrons. The lowest BCUT2D eigenvalue weighted by molar-refractivity contribution is 0.155. The molecule has 0 unspecified atom stereocenters. The van der Waals surface area contributed by atoms with E-state index in [4.69, 9.17) is 4.98 Å². The lowest BCUT2D eigenvalue weighted by Gasteiger charge is -2.38. The second-order valence-corrected chi connectivity index (χ2v) is 6.63. The molecule has 2 amide bonds. The van der Waals surface area contributed by atoms with E-state index in [1.165, 1.54) is 0 Å². The van der Waals surface area contributed by atoms with Crippen LogP contribution < -0.4 is 4.90 Å². The van der Waals surface area contributed by atoms with E-state index >= 15 is 0 Å². The summed E-state index contributed by atoms with van der Waals surface area (Å²) in [6, 6.07) is 8.32. The lowest BCUT2D eigenvalue weighted by atomic mass is 10.0. The smallest absolute Gasteiger partial charge is 0.319 e. The molecule has 1 saturated heterocycles. The normalized spacial score (nSPS) is 15.6. The van der Waals surface area contributed by atoms with Crippen LogP contribution in [-0.2, 0) is 0 Å². The van der Waals surface area contributed by atoms with Gasteiger partial charge in [0.05, 0.1) is 16.7 Å². The highest BCUT2D eigenvalue weighted by Gasteiger charge is 2.27. The fraction of sp³-hybridized carbons (Fsp3) is 0.500. The van der Waals surface area contributed by atoms with Crippen LogP contribution >= 0.6 is 0 Å². The third kappa shape index (κ3) is 3.13. The first-order valence-electron chi connectivity index (χ1n) is 8.40. The number of fused-ring (bicyclic) bond motifs is 1. The average molecular weight is 327 g/mol. The van der Waals surface area contributed by atoms with Crippen molar-refractivity contribution in [3.05, 3.63) is 30.0 Å². The number of hydrogen-bond acceptors (Lipinski definition) is 4. The summed E-state index contributed by atoms with van der Waals surface area (Å²) in [5.41, 5.74) is 2.83. The molecule has 6 nitrogen and oxygen atoms in total. The van der Waals surface area contributed by atoms with E-state index in [0.29, 0.717) is 0 Å². The standard InChI is InChI=1S/C18H25N5O/c1-13-17(20-16-8-6-5-7-15(16)19-13)23-11-9-14(10-12-23)22(4)18(24)21(2)3/h5-8,14H,9-12H2,1-4H3. The van der Waals surface area contributed by atoms with Gasteiger partial charge in [0, 0.05) is 40.3 Å². The number of amides is 2. The molecule has 1 aliphatic rings. The largest absolute Gasteiger partial charge is 0.355 e. The van der Waals surface area contributed by atoms with Crippen molar-refractivity contribution in [2.45, 2.75) is 25.8 Å². The van der Waals surface area contributed by atoms with Gasteiger partial charge in [0.1, 0.15) is 0 Å². The number of urea groups is 1. The third-order valence-electron chi connectivity index (χ3n) is 4.72. The summed E-state index contributed by atoms with van der Waals surface area (Å²) in [5, 5.41) is 0. The molecule has 0 aliphatic carbocycles. The number of aromatic nitrogens is 2. The van der Waals surface area contributed by atoms with Crippen LogP contribution in [0.25, 0.3) is 11.0 Å². The molecule has 2 heterocycles. The Bertz CT molecular complexity index is 737. The fourth-order valence-corrected chi connectivity index (χ4v) is 3.32. The van der Waals surface area contributed by atoms with Gasteiger partial charge in [0.25, 0.3) is 0 Å². The summed E-state index contributed by atoms with van der Waals surface area (Å²) in [6.45, 7) is 3.80. The van der Waals surface area contributed by atoms with Crippen molar-refractivity contribution in [1.29, 1.82) is 0 Å². The molecule has 1 aliphatic heterocycles. The zero-order valence-electron chi connectivity index (χ0n) is 14.9. The van der Waals surface area contributed by atoms with Crippen molar-refractivity contribution in [3.8, 4) is 0 Å². The monoisotopic (exact) mass is 327 g/mol. The van der Waals surface area contributed by atoms with Gasteiger partial charge in [-0.25, -0.2) is 14.8 Å². The molecule has 0 atom stereocenters. The second kappa shape index (κ2) is 6.63. The van der Waals surface area contributed by atoms with Crippen molar-refractivity contribution in [1.82, 2.24) is 19.8 Å². The van der Waals surface area contributed by atoms with Crippen LogP contribution in [0.15, 0.2) is 24.3 Å². The minimum atomic E-state index is 0.0649. The average Bonchev–Trinajstić information content (AvgIpc) is 2.60. The van der Waals surface area contributed by atoms with Crippen molar-refractivity contribution in [2.75, 3.05) is 39.1 Å². The quantitative estimate of drug-likeness (QED) is 0.850. The number of benzene rings is 1. The highest BCUT2D eigenvalue weighted by molar-refractivity contribution is 5.76. The van der Waals surface area contributed by atoms with Crippen LogP contribution in [0.5, 0.6) is 0 Å². The Balaban J connectivity index is 1.73. The minimum absolute atomic E-state index is 0.0649. The van der Waals surface area contributed by atoms with Gasteiger partial charge in [-0.05, 0) is 31.9 Å². The molecule has 2 aromatic rings. The Labute approximate surface area is 143 Å². The van der Waals surface area contributed by atoms with Crippen LogP contribution in [0.3, 0.4) is 0 Å². The van der Waals surface area contributed by atoms with E-state index in [1.807, 2.05) is 43.1 Å². The maximum Gasteiger partial charge on any atom is 0.319 e. The van der Waals surface area contributed by atoms with Gasteiger partial charge in [-0.2, -0.15) is 0 Å². The van der Waals surface area contributed by atoms with Crippen LogP contribution in [0.2, 0.25) is 0 Å². The van der Waals surface area contributed by atoms with E-state index in [2.05, 4.69) is 9.88 Å². The zero-order valence-corrected chi connectivity index (χ0v) is 14.9. The van der Waals surface area contributed by atoms with Crippen LogP contribution in [-0.4, -0.2) is 66.1 Å². The first-order valence-corrected chi connectivity index (χ1v) is 8.40. The zero-order chi connectivity index (χ0) is 17.3. The van der Waals surface area contributed by atoms with Gasteiger partial charge in [0.15, 0.2) is 5.82 Å². The van der Waals surface area contributed by atoms with Gasteiger partial charge in [0.2, 0.25) is 0 Å². The molecule has 0 N–H and O–H groups in total. The molecular weight excluding hydrogens is 302 g/mol. The predicted molar refractivity (Wildman–Crippen MR) is 96.4 cm³/mol. The summed E-state index contributed by atoms with van der Waals surface area (Å²) >= 11 is 0. The van der Waals surface area contributed by atoms with Crippen molar-refractivity contribution >= 4 is 22.9 Å². The molecule has 6 heteroatoms. The number of carbonyl (C=O) groups is 1. The van der Waals surface area contributed by atoms with Crippen LogP contribution in [0.4, 0.5) is 10.6 Å². The molecule has 0 radical (unpaired) electrons. The molecule has 1 fully saturated rings.